The highest BCUT2D eigenvalue weighted by Crippen LogP contribution is 2.27. The highest BCUT2D eigenvalue weighted by atomic mass is 16.6. The van der Waals surface area contributed by atoms with Crippen LogP contribution in [0.3, 0.4) is 0 Å². The molecule has 1 N–H and O–H groups in total. The maximum absolute atomic E-state index is 12.0. The van der Waals surface area contributed by atoms with Gasteiger partial charge >= 0.3 is 0 Å². The largest absolute Gasteiger partial charge is 0.493 e. The Hall–Kier alpha value is -2.53. The van der Waals surface area contributed by atoms with Crippen LogP contribution in [0.1, 0.15) is 22.8 Å². The fourth-order valence-corrected chi connectivity index (χ4v) is 1.90. The van der Waals surface area contributed by atoms with Gasteiger partial charge in [-0.05, 0) is 30.7 Å². The summed E-state index contributed by atoms with van der Waals surface area (Å²) in [5.41, 5.74) is 3.83. The third-order valence-electron chi connectivity index (χ3n) is 2.97. The van der Waals surface area contributed by atoms with Crippen LogP contribution in [0.2, 0.25) is 0 Å². The predicted molar refractivity (Wildman–Crippen MR) is 82.9 cm³/mol. The summed E-state index contributed by atoms with van der Waals surface area (Å²) in [5.74, 6) is 0.779. The van der Waals surface area contributed by atoms with Crippen molar-refractivity contribution in [3.8, 4) is 11.5 Å². The van der Waals surface area contributed by atoms with E-state index in [1.54, 1.807) is 18.2 Å². The van der Waals surface area contributed by atoms with Gasteiger partial charge in [0, 0.05) is 5.56 Å². The molecule has 0 heterocycles. The van der Waals surface area contributed by atoms with E-state index in [0.717, 1.165) is 5.56 Å². The molecule has 0 saturated carbocycles. The molecule has 0 aliphatic rings. The van der Waals surface area contributed by atoms with Gasteiger partial charge in [-0.1, -0.05) is 30.3 Å². The van der Waals surface area contributed by atoms with E-state index in [1.807, 2.05) is 37.3 Å². The van der Waals surface area contributed by atoms with E-state index in [9.17, 15) is 4.79 Å². The van der Waals surface area contributed by atoms with E-state index in [-0.39, 0.29) is 5.91 Å². The van der Waals surface area contributed by atoms with Gasteiger partial charge in [0.1, 0.15) is 0 Å². The molecule has 2 aromatic rings. The van der Waals surface area contributed by atoms with Crippen molar-refractivity contribution in [1.29, 1.82) is 0 Å². The van der Waals surface area contributed by atoms with Crippen LogP contribution in [0.15, 0.2) is 48.5 Å². The molecular weight excluding hydrogens is 282 g/mol. The Kier molecular flexibility index (Phi) is 5.80. The number of amides is 1. The molecule has 0 radical (unpaired) electrons. The monoisotopic (exact) mass is 301 g/mol. The first kappa shape index (κ1) is 15.9. The predicted octanol–water partition coefficient (Wildman–Crippen LogP) is 2.96. The minimum atomic E-state index is -0.336. The number of hydrogen-bond donors (Lipinski definition) is 1. The van der Waals surface area contributed by atoms with Crippen LogP contribution < -0.4 is 15.0 Å². The summed E-state index contributed by atoms with van der Waals surface area (Å²) in [6.07, 6.45) is 0. The van der Waals surface area contributed by atoms with Crippen molar-refractivity contribution in [3.05, 3.63) is 59.7 Å². The summed E-state index contributed by atoms with van der Waals surface area (Å²) in [4.78, 5) is 17.3. The van der Waals surface area contributed by atoms with Gasteiger partial charge in [-0.15, -0.1) is 0 Å². The Bertz CT molecular complexity index is 613. The van der Waals surface area contributed by atoms with Gasteiger partial charge in [-0.3, -0.25) is 9.63 Å². The maximum Gasteiger partial charge on any atom is 0.274 e. The van der Waals surface area contributed by atoms with Gasteiger partial charge in [-0.2, -0.15) is 0 Å². The summed E-state index contributed by atoms with van der Waals surface area (Å²) in [6.45, 7) is 2.72. The molecule has 2 rings (SSSR count). The van der Waals surface area contributed by atoms with Crippen LogP contribution in [-0.4, -0.2) is 19.6 Å². The second-order valence-electron chi connectivity index (χ2n) is 4.50. The minimum Gasteiger partial charge on any atom is -0.493 e. The topological polar surface area (TPSA) is 56.8 Å². The average molecular weight is 301 g/mol. The van der Waals surface area contributed by atoms with Crippen molar-refractivity contribution in [2.24, 2.45) is 0 Å². The molecule has 0 fully saturated rings. The number of nitrogens with one attached hydrogen (secondary N) is 1. The summed E-state index contributed by atoms with van der Waals surface area (Å²) < 4.78 is 10.6. The molecule has 0 aromatic heterocycles. The average Bonchev–Trinajstić information content (AvgIpc) is 2.56. The third-order valence-corrected chi connectivity index (χ3v) is 2.97. The van der Waals surface area contributed by atoms with Gasteiger partial charge < -0.3 is 9.47 Å². The highest BCUT2D eigenvalue weighted by Gasteiger charge is 2.11. The first-order valence-electron chi connectivity index (χ1n) is 7.01. The van der Waals surface area contributed by atoms with Crippen molar-refractivity contribution < 1.29 is 19.1 Å². The Labute approximate surface area is 129 Å². The fourth-order valence-electron chi connectivity index (χ4n) is 1.90. The molecule has 5 heteroatoms. The molecule has 0 aliphatic carbocycles. The number of hydrogen-bond acceptors (Lipinski definition) is 4. The zero-order chi connectivity index (χ0) is 15.8. The molecule has 5 nitrogen and oxygen atoms in total. The first-order valence-corrected chi connectivity index (χ1v) is 7.01. The molecule has 1 amide bonds. The molecule has 0 spiro atoms. The van der Waals surface area contributed by atoms with E-state index in [4.69, 9.17) is 14.3 Å². The molecule has 0 unspecified atom stereocenters. The SMILES string of the molecule is CCOc1ccc(C(=O)NOCc2ccccc2)cc1OC. The highest BCUT2D eigenvalue weighted by molar-refractivity contribution is 5.94. The smallest absolute Gasteiger partial charge is 0.274 e. The van der Waals surface area contributed by atoms with Gasteiger partial charge in [0.15, 0.2) is 11.5 Å². The van der Waals surface area contributed by atoms with Crippen LogP contribution in [-0.2, 0) is 11.4 Å². The lowest BCUT2D eigenvalue weighted by Crippen LogP contribution is -2.23. The zero-order valence-electron chi connectivity index (χ0n) is 12.7. The van der Waals surface area contributed by atoms with Crippen LogP contribution >= 0.6 is 0 Å². The van der Waals surface area contributed by atoms with Crippen molar-refractivity contribution in [2.45, 2.75) is 13.5 Å². The summed E-state index contributed by atoms with van der Waals surface area (Å²) in [5, 5.41) is 0. The number of rotatable bonds is 7. The maximum atomic E-state index is 12.0. The standard InChI is InChI=1S/C17H19NO4/c1-3-21-15-10-9-14(11-16(15)20-2)17(19)18-22-12-13-7-5-4-6-8-13/h4-11H,3,12H2,1-2H3,(H,18,19). The van der Waals surface area contributed by atoms with E-state index in [2.05, 4.69) is 5.48 Å². The first-order chi connectivity index (χ1) is 10.7. The summed E-state index contributed by atoms with van der Waals surface area (Å²) in [7, 11) is 1.53. The molecule has 2 aromatic carbocycles. The molecule has 0 atom stereocenters. The second kappa shape index (κ2) is 8.05. The summed E-state index contributed by atoms with van der Waals surface area (Å²) >= 11 is 0. The Morgan fingerprint density at radius 1 is 1.09 bits per heavy atom. The lowest BCUT2D eigenvalue weighted by Gasteiger charge is -2.11. The van der Waals surface area contributed by atoms with Gasteiger partial charge in [-0.25, -0.2) is 5.48 Å². The number of carbonyl (C=O) groups excluding carboxylic acids is 1. The van der Waals surface area contributed by atoms with E-state index >= 15 is 0 Å². The van der Waals surface area contributed by atoms with Crippen LogP contribution in [0.4, 0.5) is 0 Å². The van der Waals surface area contributed by atoms with Gasteiger partial charge in [0.25, 0.3) is 5.91 Å². The third kappa shape index (κ3) is 4.23. The molecule has 0 bridgehead atoms. The van der Waals surface area contributed by atoms with Crippen LogP contribution in [0, 0.1) is 0 Å². The van der Waals surface area contributed by atoms with E-state index in [0.29, 0.717) is 30.3 Å². The van der Waals surface area contributed by atoms with Crippen molar-refractivity contribution in [2.75, 3.05) is 13.7 Å². The molecule has 0 aliphatic heterocycles. The second-order valence-corrected chi connectivity index (χ2v) is 4.50. The Morgan fingerprint density at radius 3 is 2.55 bits per heavy atom. The van der Waals surface area contributed by atoms with Crippen molar-refractivity contribution in [3.63, 3.8) is 0 Å². The van der Waals surface area contributed by atoms with Crippen LogP contribution in [0.25, 0.3) is 0 Å². The number of carbonyl (C=O) groups is 1. The lowest BCUT2D eigenvalue weighted by molar-refractivity contribution is 0.0233. The van der Waals surface area contributed by atoms with E-state index in [1.165, 1.54) is 7.11 Å². The Morgan fingerprint density at radius 2 is 1.86 bits per heavy atom. The van der Waals surface area contributed by atoms with Crippen molar-refractivity contribution >= 4 is 5.91 Å². The molecular formula is C17H19NO4. The molecule has 116 valence electrons. The number of benzene rings is 2. The molecule has 0 saturated heterocycles. The zero-order valence-corrected chi connectivity index (χ0v) is 12.7. The van der Waals surface area contributed by atoms with Gasteiger partial charge in [0.2, 0.25) is 0 Å². The quantitative estimate of drug-likeness (QED) is 0.799. The van der Waals surface area contributed by atoms with E-state index < -0.39 is 0 Å². The van der Waals surface area contributed by atoms with Crippen LogP contribution in [0.5, 0.6) is 11.5 Å². The Balaban J connectivity index is 1.94. The van der Waals surface area contributed by atoms with Gasteiger partial charge in [0.05, 0.1) is 20.3 Å². The van der Waals surface area contributed by atoms with Crippen molar-refractivity contribution in [1.82, 2.24) is 5.48 Å². The molecule has 22 heavy (non-hydrogen) atoms. The number of ether oxygens (including phenoxy) is 2. The number of hydroxylamine groups is 1. The number of methoxy groups -OCH3 is 1. The minimum absolute atomic E-state index is 0.306. The summed E-state index contributed by atoms with van der Waals surface area (Å²) in [6, 6.07) is 14.6. The normalized spacial score (nSPS) is 10.1. The fraction of sp³-hybridized carbons (Fsp3) is 0.235. The lowest BCUT2D eigenvalue weighted by atomic mass is 10.2.